The van der Waals surface area contributed by atoms with Gasteiger partial charge in [0.25, 0.3) is 0 Å². The molecule has 0 aliphatic carbocycles. The molecule has 0 aromatic carbocycles. The number of aliphatic hydroxyl groups is 1. The van der Waals surface area contributed by atoms with Crippen molar-refractivity contribution >= 4 is 11.8 Å². The van der Waals surface area contributed by atoms with E-state index in [-0.39, 0.29) is 5.41 Å². The average Bonchev–Trinajstić information content (AvgIpc) is 1.89. The topological polar surface area (TPSA) is 20.2 Å². The Morgan fingerprint density at radius 3 is 2.40 bits per heavy atom. The van der Waals surface area contributed by atoms with Gasteiger partial charge in [-0.15, -0.1) is 0 Å². The number of aliphatic hydroxyl groups excluding tert-OH is 1. The van der Waals surface area contributed by atoms with Crippen LogP contribution in [0.3, 0.4) is 0 Å². The molecule has 1 N–H and O–H groups in total. The van der Waals surface area contributed by atoms with Crippen LogP contribution in [0.5, 0.6) is 0 Å². The molecule has 10 heavy (non-hydrogen) atoms. The molecule has 0 heterocycles. The highest BCUT2D eigenvalue weighted by molar-refractivity contribution is 7.99. The molecule has 0 aromatic rings. The second-order valence-electron chi connectivity index (χ2n) is 3.27. The Morgan fingerprint density at radius 1 is 1.40 bits per heavy atom. The van der Waals surface area contributed by atoms with Crippen LogP contribution in [0.4, 0.5) is 0 Å². The molecule has 0 saturated heterocycles. The summed E-state index contributed by atoms with van der Waals surface area (Å²) in [5.41, 5.74) is 0.127. The second-order valence-corrected chi connectivity index (χ2v) is 4.66. The zero-order chi connectivity index (χ0) is 8.04. The normalized spacial score (nSPS) is 12.0. The molecule has 2 heteroatoms. The van der Waals surface area contributed by atoms with Crippen molar-refractivity contribution in [2.75, 3.05) is 18.1 Å². The molecule has 0 aliphatic heterocycles. The van der Waals surface area contributed by atoms with Crippen LogP contribution in [0, 0.1) is 5.41 Å². The van der Waals surface area contributed by atoms with Crippen molar-refractivity contribution in [2.45, 2.75) is 27.2 Å². The van der Waals surface area contributed by atoms with Crippen LogP contribution in [0.2, 0.25) is 0 Å². The van der Waals surface area contributed by atoms with Gasteiger partial charge in [-0.2, -0.15) is 11.8 Å². The Balaban J connectivity index is 3.28. The van der Waals surface area contributed by atoms with Crippen LogP contribution in [0.1, 0.15) is 27.2 Å². The third-order valence-electron chi connectivity index (χ3n) is 1.56. The number of thioether (sulfide) groups is 1. The Bertz CT molecular complexity index is 81.3. The van der Waals surface area contributed by atoms with Gasteiger partial charge in [0.15, 0.2) is 0 Å². The summed E-state index contributed by atoms with van der Waals surface area (Å²) in [6.07, 6.45) is 1.11. The molecule has 0 aromatic heterocycles. The summed E-state index contributed by atoms with van der Waals surface area (Å²) in [6.45, 7) is 6.67. The first-order valence-corrected chi connectivity index (χ1v) is 4.96. The van der Waals surface area contributed by atoms with E-state index in [1.807, 2.05) is 11.8 Å². The van der Waals surface area contributed by atoms with Crippen molar-refractivity contribution in [1.82, 2.24) is 0 Å². The van der Waals surface area contributed by atoms with Gasteiger partial charge in [0.05, 0.1) is 0 Å². The van der Waals surface area contributed by atoms with E-state index >= 15 is 0 Å². The lowest BCUT2D eigenvalue weighted by atomic mass is 9.92. The average molecular weight is 162 g/mol. The third kappa shape index (κ3) is 5.12. The lowest BCUT2D eigenvalue weighted by Gasteiger charge is -2.20. The first-order valence-electron chi connectivity index (χ1n) is 3.81. The van der Waals surface area contributed by atoms with E-state index in [2.05, 4.69) is 20.8 Å². The fourth-order valence-corrected chi connectivity index (χ4v) is 1.56. The van der Waals surface area contributed by atoms with Crippen molar-refractivity contribution in [3.63, 3.8) is 0 Å². The van der Waals surface area contributed by atoms with Gasteiger partial charge in [0, 0.05) is 6.61 Å². The standard InChI is InChI=1S/C8H18OS/c1-4-10-6-5-8(2,3)7-9/h9H,4-7H2,1-3H3. The molecule has 0 spiro atoms. The Morgan fingerprint density at radius 2 is 2.00 bits per heavy atom. The van der Waals surface area contributed by atoms with Crippen LogP contribution in [-0.2, 0) is 0 Å². The van der Waals surface area contributed by atoms with Gasteiger partial charge in [-0.05, 0) is 23.3 Å². The van der Waals surface area contributed by atoms with E-state index in [0.29, 0.717) is 6.61 Å². The van der Waals surface area contributed by atoms with Gasteiger partial charge in [0.1, 0.15) is 0 Å². The molecule has 0 radical (unpaired) electrons. The molecular weight excluding hydrogens is 144 g/mol. The lowest BCUT2D eigenvalue weighted by Crippen LogP contribution is -2.17. The molecule has 62 valence electrons. The van der Waals surface area contributed by atoms with E-state index in [4.69, 9.17) is 5.11 Å². The largest absolute Gasteiger partial charge is 0.396 e. The quantitative estimate of drug-likeness (QED) is 0.625. The zero-order valence-electron chi connectivity index (χ0n) is 7.18. The van der Waals surface area contributed by atoms with Gasteiger partial charge >= 0.3 is 0 Å². The minimum atomic E-state index is 0.127. The van der Waals surface area contributed by atoms with E-state index < -0.39 is 0 Å². The minimum absolute atomic E-state index is 0.127. The zero-order valence-corrected chi connectivity index (χ0v) is 8.00. The highest BCUT2D eigenvalue weighted by atomic mass is 32.2. The van der Waals surface area contributed by atoms with Gasteiger partial charge in [-0.25, -0.2) is 0 Å². The first kappa shape index (κ1) is 10.3. The molecule has 0 atom stereocenters. The van der Waals surface area contributed by atoms with Gasteiger partial charge in [0.2, 0.25) is 0 Å². The SMILES string of the molecule is CCSCCC(C)(C)CO. The minimum Gasteiger partial charge on any atom is -0.396 e. The van der Waals surface area contributed by atoms with Crippen LogP contribution in [0.15, 0.2) is 0 Å². The summed E-state index contributed by atoms with van der Waals surface area (Å²) >= 11 is 1.94. The summed E-state index contributed by atoms with van der Waals surface area (Å²) in [4.78, 5) is 0. The Hall–Kier alpha value is 0.310. The second kappa shape index (κ2) is 5.03. The Kier molecular flexibility index (Phi) is 5.18. The van der Waals surface area contributed by atoms with E-state index in [1.165, 1.54) is 11.5 Å². The molecule has 0 amide bonds. The summed E-state index contributed by atoms with van der Waals surface area (Å²) in [7, 11) is 0. The molecule has 0 fully saturated rings. The summed E-state index contributed by atoms with van der Waals surface area (Å²) in [5, 5.41) is 8.88. The van der Waals surface area contributed by atoms with E-state index in [0.717, 1.165) is 6.42 Å². The highest BCUT2D eigenvalue weighted by Gasteiger charge is 2.14. The van der Waals surface area contributed by atoms with Crippen LogP contribution in [0.25, 0.3) is 0 Å². The van der Waals surface area contributed by atoms with Gasteiger partial charge in [-0.1, -0.05) is 20.8 Å². The molecule has 0 unspecified atom stereocenters. The van der Waals surface area contributed by atoms with Gasteiger partial charge < -0.3 is 5.11 Å². The number of hydrogen-bond donors (Lipinski definition) is 1. The number of rotatable bonds is 5. The highest BCUT2D eigenvalue weighted by Crippen LogP contribution is 2.21. The number of hydrogen-bond acceptors (Lipinski definition) is 2. The van der Waals surface area contributed by atoms with Crippen molar-refractivity contribution in [3.8, 4) is 0 Å². The smallest absolute Gasteiger partial charge is 0.0482 e. The molecular formula is C8H18OS. The summed E-state index contributed by atoms with van der Waals surface area (Å²) in [6, 6.07) is 0. The van der Waals surface area contributed by atoms with Crippen LogP contribution >= 0.6 is 11.8 Å². The maximum absolute atomic E-state index is 8.88. The molecule has 0 rings (SSSR count). The summed E-state index contributed by atoms with van der Waals surface area (Å²) < 4.78 is 0. The predicted octanol–water partition coefficient (Wildman–Crippen LogP) is 2.15. The first-order chi connectivity index (χ1) is 4.62. The van der Waals surface area contributed by atoms with Crippen molar-refractivity contribution in [2.24, 2.45) is 5.41 Å². The fourth-order valence-electron chi connectivity index (χ4n) is 0.572. The Labute approximate surface area is 68.2 Å². The van der Waals surface area contributed by atoms with Crippen molar-refractivity contribution in [3.05, 3.63) is 0 Å². The molecule has 0 bridgehead atoms. The molecule has 0 aliphatic rings. The maximum atomic E-state index is 8.88. The fraction of sp³-hybridized carbons (Fsp3) is 1.00. The molecule has 1 nitrogen and oxygen atoms in total. The van der Waals surface area contributed by atoms with Gasteiger partial charge in [-0.3, -0.25) is 0 Å². The maximum Gasteiger partial charge on any atom is 0.0482 e. The van der Waals surface area contributed by atoms with Crippen LogP contribution < -0.4 is 0 Å². The molecule has 0 saturated carbocycles. The predicted molar refractivity (Wildman–Crippen MR) is 48.5 cm³/mol. The van der Waals surface area contributed by atoms with Crippen molar-refractivity contribution < 1.29 is 5.11 Å². The van der Waals surface area contributed by atoms with Crippen molar-refractivity contribution in [1.29, 1.82) is 0 Å². The lowest BCUT2D eigenvalue weighted by molar-refractivity contribution is 0.157. The summed E-state index contributed by atoms with van der Waals surface area (Å²) in [5.74, 6) is 2.35. The third-order valence-corrected chi connectivity index (χ3v) is 2.46. The van der Waals surface area contributed by atoms with Crippen LogP contribution in [-0.4, -0.2) is 23.2 Å². The van der Waals surface area contributed by atoms with E-state index in [1.54, 1.807) is 0 Å². The van der Waals surface area contributed by atoms with E-state index in [9.17, 15) is 0 Å². The monoisotopic (exact) mass is 162 g/mol.